The van der Waals surface area contributed by atoms with Crippen LogP contribution in [0.5, 0.6) is 5.75 Å². The molecular weight excluding hydrogens is 302 g/mol. The van der Waals surface area contributed by atoms with E-state index in [1.54, 1.807) is 6.08 Å². The number of ketones is 1. The zero-order chi connectivity index (χ0) is 17.4. The lowest BCUT2D eigenvalue weighted by molar-refractivity contribution is -0.116. The van der Waals surface area contributed by atoms with Crippen LogP contribution in [-0.4, -0.2) is 37.2 Å². The molecule has 0 aromatic heterocycles. The number of carbonyl (C=O) groups excluding carboxylic acids is 1. The topological polar surface area (TPSA) is 58.6 Å². The normalized spacial score (nSPS) is 17.1. The Morgan fingerprint density at radius 2 is 1.92 bits per heavy atom. The zero-order valence-electron chi connectivity index (χ0n) is 14.5. The molecule has 0 aliphatic heterocycles. The summed E-state index contributed by atoms with van der Waals surface area (Å²) in [6, 6.07) is 7.89. The van der Waals surface area contributed by atoms with E-state index in [9.17, 15) is 4.79 Å². The Bertz CT molecular complexity index is 600. The Morgan fingerprint density at radius 3 is 2.58 bits per heavy atom. The molecule has 2 N–H and O–H groups in total. The zero-order valence-corrected chi connectivity index (χ0v) is 14.5. The largest absolute Gasteiger partial charge is 0.492 e. The summed E-state index contributed by atoms with van der Waals surface area (Å²) in [5.74, 6) is 1.04. The van der Waals surface area contributed by atoms with Gasteiger partial charge in [-0.15, -0.1) is 0 Å². The molecule has 0 amide bonds. The molecule has 0 bridgehead atoms. The monoisotopic (exact) mass is 329 g/mol. The van der Waals surface area contributed by atoms with Crippen molar-refractivity contribution in [3.05, 3.63) is 47.6 Å². The number of hydrogen-bond acceptors (Lipinski definition) is 4. The van der Waals surface area contributed by atoms with Crippen LogP contribution in [0.2, 0.25) is 0 Å². The molecule has 24 heavy (non-hydrogen) atoms. The molecule has 0 heterocycles. The molecule has 0 saturated heterocycles. The average molecular weight is 329 g/mol. The van der Waals surface area contributed by atoms with Crippen LogP contribution in [0.4, 0.5) is 0 Å². The molecule has 0 radical (unpaired) electrons. The summed E-state index contributed by atoms with van der Waals surface area (Å²) in [6.45, 7) is 6.27. The average Bonchev–Trinajstić information content (AvgIpc) is 2.52. The Balaban J connectivity index is 1.86. The number of allylic oxidation sites excluding steroid dienone is 3. The summed E-state index contributed by atoms with van der Waals surface area (Å²) in [5, 5.41) is 11.7. The number of carbonyl (C=O) groups is 1. The van der Waals surface area contributed by atoms with Crippen LogP contribution in [0, 0.1) is 5.41 Å². The molecule has 0 fully saturated rings. The minimum atomic E-state index is 0.0489. The van der Waals surface area contributed by atoms with E-state index in [4.69, 9.17) is 9.84 Å². The van der Waals surface area contributed by atoms with Gasteiger partial charge in [-0.25, -0.2) is 0 Å². The van der Waals surface area contributed by atoms with E-state index >= 15 is 0 Å². The maximum absolute atomic E-state index is 11.8. The predicted molar refractivity (Wildman–Crippen MR) is 97.0 cm³/mol. The van der Waals surface area contributed by atoms with Crippen molar-refractivity contribution in [1.29, 1.82) is 0 Å². The lowest BCUT2D eigenvalue weighted by Gasteiger charge is -2.27. The quantitative estimate of drug-likeness (QED) is 0.720. The third-order valence-corrected chi connectivity index (χ3v) is 3.89. The van der Waals surface area contributed by atoms with Crippen LogP contribution in [0.1, 0.15) is 32.3 Å². The summed E-state index contributed by atoms with van der Waals surface area (Å²) in [4.78, 5) is 11.8. The first-order valence-electron chi connectivity index (χ1n) is 8.44. The van der Waals surface area contributed by atoms with Gasteiger partial charge in [-0.3, -0.25) is 4.79 Å². The summed E-state index contributed by atoms with van der Waals surface area (Å²) >= 11 is 0. The number of nitrogens with one attached hydrogen (secondary N) is 1. The Labute approximate surface area is 144 Å². The standard InChI is InChI=1S/C20H27NO3/c1-20(2)14-17(13-18(23)15-20)4-3-16-5-7-19(8-6-16)24-12-10-21-9-11-22/h3-8,13,21-22H,9-12,14-15H2,1-2H3/b4-3+. The van der Waals surface area contributed by atoms with Gasteiger partial charge in [0.1, 0.15) is 12.4 Å². The minimum absolute atomic E-state index is 0.0489. The number of aliphatic hydroxyl groups excluding tert-OH is 1. The molecule has 4 nitrogen and oxygen atoms in total. The summed E-state index contributed by atoms with van der Waals surface area (Å²) in [6.07, 6.45) is 7.39. The second-order valence-electron chi connectivity index (χ2n) is 6.93. The van der Waals surface area contributed by atoms with Gasteiger partial charge in [0.2, 0.25) is 0 Å². The molecular formula is C20H27NO3. The van der Waals surface area contributed by atoms with E-state index in [2.05, 4.69) is 19.2 Å². The maximum atomic E-state index is 11.8. The molecule has 1 aliphatic carbocycles. The molecule has 0 atom stereocenters. The fraction of sp³-hybridized carbons (Fsp3) is 0.450. The molecule has 4 heteroatoms. The summed E-state index contributed by atoms with van der Waals surface area (Å²) < 4.78 is 5.62. The molecule has 2 rings (SSSR count). The van der Waals surface area contributed by atoms with Gasteiger partial charge in [-0.2, -0.15) is 0 Å². The van der Waals surface area contributed by atoms with Crippen LogP contribution < -0.4 is 10.1 Å². The van der Waals surface area contributed by atoms with Crippen LogP contribution >= 0.6 is 0 Å². The molecule has 1 aliphatic rings. The highest BCUT2D eigenvalue weighted by Gasteiger charge is 2.26. The Morgan fingerprint density at radius 1 is 1.17 bits per heavy atom. The SMILES string of the molecule is CC1(C)CC(=O)C=C(/C=C/c2ccc(OCCNCCO)cc2)C1. The van der Waals surface area contributed by atoms with Crippen LogP contribution in [0.3, 0.4) is 0 Å². The molecule has 0 spiro atoms. The third-order valence-electron chi connectivity index (χ3n) is 3.89. The lowest BCUT2D eigenvalue weighted by Crippen LogP contribution is -2.23. The predicted octanol–water partition coefficient (Wildman–Crippen LogP) is 2.98. The highest BCUT2D eigenvalue weighted by molar-refractivity contribution is 5.92. The maximum Gasteiger partial charge on any atom is 0.156 e. The van der Waals surface area contributed by atoms with Gasteiger partial charge in [0.15, 0.2) is 5.78 Å². The first-order valence-corrected chi connectivity index (χ1v) is 8.44. The number of benzene rings is 1. The number of hydrogen-bond donors (Lipinski definition) is 2. The lowest BCUT2D eigenvalue weighted by atomic mass is 9.77. The van der Waals surface area contributed by atoms with E-state index in [1.165, 1.54) is 0 Å². The second-order valence-corrected chi connectivity index (χ2v) is 6.93. The highest BCUT2D eigenvalue weighted by Crippen LogP contribution is 2.34. The van der Waals surface area contributed by atoms with Gasteiger partial charge in [0, 0.05) is 19.5 Å². The van der Waals surface area contributed by atoms with Crippen molar-refractivity contribution in [1.82, 2.24) is 5.32 Å². The van der Waals surface area contributed by atoms with E-state index in [0.717, 1.165) is 23.3 Å². The van der Waals surface area contributed by atoms with E-state index in [-0.39, 0.29) is 17.8 Å². The van der Waals surface area contributed by atoms with Crippen molar-refractivity contribution in [3.8, 4) is 5.75 Å². The van der Waals surface area contributed by atoms with Crippen LogP contribution in [0.15, 0.2) is 42.0 Å². The smallest absolute Gasteiger partial charge is 0.156 e. The van der Waals surface area contributed by atoms with Crippen LogP contribution in [-0.2, 0) is 4.79 Å². The fourth-order valence-corrected chi connectivity index (χ4v) is 2.83. The van der Waals surface area contributed by atoms with E-state index < -0.39 is 0 Å². The van der Waals surface area contributed by atoms with Crippen molar-refractivity contribution < 1.29 is 14.6 Å². The van der Waals surface area contributed by atoms with Crippen molar-refractivity contribution >= 4 is 11.9 Å². The first-order chi connectivity index (χ1) is 11.5. The summed E-state index contributed by atoms with van der Waals surface area (Å²) in [5.41, 5.74) is 2.22. The second kappa shape index (κ2) is 8.81. The Hall–Kier alpha value is -1.91. The number of aliphatic hydroxyl groups is 1. The molecule has 1 aromatic rings. The fourth-order valence-electron chi connectivity index (χ4n) is 2.83. The van der Waals surface area contributed by atoms with E-state index in [0.29, 0.717) is 26.1 Å². The highest BCUT2D eigenvalue weighted by atomic mass is 16.5. The van der Waals surface area contributed by atoms with Gasteiger partial charge >= 0.3 is 0 Å². The molecule has 0 saturated carbocycles. The van der Waals surface area contributed by atoms with Crippen molar-refractivity contribution in [3.63, 3.8) is 0 Å². The molecule has 130 valence electrons. The van der Waals surface area contributed by atoms with Gasteiger partial charge < -0.3 is 15.2 Å². The van der Waals surface area contributed by atoms with Gasteiger partial charge in [0.25, 0.3) is 0 Å². The first kappa shape index (κ1) is 18.4. The van der Waals surface area contributed by atoms with Crippen molar-refractivity contribution in [2.24, 2.45) is 5.41 Å². The Kier molecular flexibility index (Phi) is 6.76. The van der Waals surface area contributed by atoms with Crippen LogP contribution in [0.25, 0.3) is 6.08 Å². The minimum Gasteiger partial charge on any atom is -0.492 e. The van der Waals surface area contributed by atoms with E-state index in [1.807, 2.05) is 36.4 Å². The molecule has 1 aromatic carbocycles. The van der Waals surface area contributed by atoms with Gasteiger partial charge in [-0.1, -0.05) is 38.1 Å². The van der Waals surface area contributed by atoms with Crippen molar-refractivity contribution in [2.45, 2.75) is 26.7 Å². The third kappa shape index (κ3) is 6.30. The van der Waals surface area contributed by atoms with Crippen molar-refractivity contribution in [2.75, 3.05) is 26.3 Å². The summed E-state index contributed by atoms with van der Waals surface area (Å²) in [7, 11) is 0. The number of rotatable bonds is 8. The number of ether oxygens (including phenoxy) is 1. The van der Waals surface area contributed by atoms with Gasteiger partial charge in [-0.05, 0) is 41.2 Å². The molecule has 0 unspecified atom stereocenters. The van der Waals surface area contributed by atoms with Gasteiger partial charge in [0.05, 0.1) is 6.61 Å².